The molecule has 0 unspecified atom stereocenters. The standard InChI is InChI=1S/C19H22NO4.CH3.W.Y/c1-12-3-4-13(2)14(11-12)15-16(21)18(20-17(15)22)5-7-19(8-6-18)23-9-10-24-19;;;/h3-4,21H,5-10H2,1-2H3,(H,20,22);1H3;;/q2*-1;;/i/hD. The molecule has 0 bridgehead atoms. The van der Waals surface area contributed by atoms with E-state index < -0.39 is 17.2 Å². The fraction of sp³-hybridized carbons (Fsp3) is 0.500. The Balaban J connectivity index is 0.00000131. The van der Waals surface area contributed by atoms with Gasteiger partial charge in [0.25, 0.3) is 0 Å². The first-order valence-electron chi connectivity index (χ1n) is 8.88. The number of nitrogens with one attached hydrogen (secondary N) is 1. The second-order valence-corrected chi connectivity index (χ2v) is 6.98. The Bertz CT molecular complexity index is 769. The molecular weight excluding hydrogens is 591 g/mol. The number of rotatable bonds is 1. The van der Waals surface area contributed by atoms with Crippen LogP contribution in [0.15, 0.2) is 17.9 Å². The summed E-state index contributed by atoms with van der Waals surface area (Å²) in [5.74, 6) is -1.08. The first-order valence-corrected chi connectivity index (χ1v) is 8.44. The van der Waals surface area contributed by atoms with Crippen LogP contribution in [-0.4, -0.2) is 35.6 Å². The minimum Gasteiger partial charge on any atom is -0.519 e. The van der Waals surface area contributed by atoms with Gasteiger partial charge in [0.1, 0.15) is 0 Å². The summed E-state index contributed by atoms with van der Waals surface area (Å²) >= 11 is 0. The summed E-state index contributed by atoms with van der Waals surface area (Å²) in [6.45, 7) is 4.92. The van der Waals surface area contributed by atoms with Crippen molar-refractivity contribution in [2.45, 2.75) is 50.9 Å². The molecule has 5 nitrogen and oxygen atoms in total. The Labute approximate surface area is 202 Å². The number of carbonyl (C=O) groups is 1. The van der Waals surface area contributed by atoms with Gasteiger partial charge in [-0.3, -0.25) is 4.79 Å². The van der Waals surface area contributed by atoms with Crippen molar-refractivity contribution in [3.8, 4) is 0 Å². The minimum atomic E-state index is -0.989. The van der Waals surface area contributed by atoms with Crippen LogP contribution in [0.1, 0.15) is 42.4 Å². The third-order valence-corrected chi connectivity index (χ3v) is 5.41. The number of hydrogen-bond acceptors (Lipinski definition) is 4. The SMILES string of the molecule is [2H]N1C(=O)C(c2[c-]c(C)ccc2C)=C(O)C12CCC1(CC2)OCCO1.[CH3-].[W].[Y]. The number of aryl methyl sites for hydroxylation is 2. The maximum Gasteiger partial charge on any atom is 0.214 e. The van der Waals surface area contributed by atoms with Crippen molar-refractivity contribution in [1.29, 1.82) is 0 Å². The number of aliphatic hydroxyl groups is 1. The fourth-order valence-corrected chi connectivity index (χ4v) is 3.97. The smallest absolute Gasteiger partial charge is 0.214 e. The number of ether oxygens (including phenoxy) is 2. The van der Waals surface area contributed by atoms with E-state index in [1.165, 1.54) is 0 Å². The van der Waals surface area contributed by atoms with Crippen molar-refractivity contribution in [1.82, 2.24) is 5.31 Å². The number of carbonyl (C=O) groups excluding carboxylic acids is 1. The van der Waals surface area contributed by atoms with E-state index in [4.69, 9.17) is 10.9 Å². The second kappa shape index (κ2) is 9.17. The zero-order chi connectivity index (χ0) is 17.8. The fourth-order valence-electron chi connectivity index (χ4n) is 3.97. The van der Waals surface area contributed by atoms with Crippen molar-refractivity contribution in [3.05, 3.63) is 48.1 Å². The van der Waals surface area contributed by atoms with Gasteiger partial charge in [-0.2, -0.15) is 0 Å². The zero-order valence-electron chi connectivity index (χ0n) is 17.0. The summed E-state index contributed by atoms with van der Waals surface area (Å²) < 4.78 is 19.8. The molecule has 4 rings (SSSR count). The first kappa shape index (κ1) is 23.2. The van der Waals surface area contributed by atoms with Crippen LogP contribution in [0, 0.1) is 27.3 Å². The average molecular weight is 617 g/mol. The van der Waals surface area contributed by atoms with Crippen LogP contribution in [-0.2, 0) is 68.0 Å². The molecule has 2 aliphatic heterocycles. The number of benzene rings is 1. The van der Waals surface area contributed by atoms with E-state index in [1.54, 1.807) is 0 Å². The molecule has 27 heavy (non-hydrogen) atoms. The topological polar surface area (TPSA) is 67.8 Å². The van der Waals surface area contributed by atoms with Crippen molar-refractivity contribution in [2.24, 2.45) is 0 Å². The Morgan fingerprint density at radius 3 is 2.37 bits per heavy atom. The van der Waals surface area contributed by atoms with Crippen molar-refractivity contribution in [3.63, 3.8) is 0 Å². The van der Waals surface area contributed by atoms with Crippen LogP contribution in [0.2, 0.25) is 1.41 Å². The summed E-state index contributed by atoms with van der Waals surface area (Å²) in [4.78, 5) is 12.8. The molecule has 1 aliphatic carbocycles. The molecule has 2 N–H and O–H groups in total. The normalized spacial score (nSPS) is 23.0. The molecule has 3 aliphatic rings. The monoisotopic (exact) mass is 617 g/mol. The van der Waals surface area contributed by atoms with E-state index in [2.05, 4.69) is 6.07 Å². The van der Waals surface area contributed by atoms with Crippen LogP contribution in [0.3, 0.4) is 0 Å². The van der Waals surface area contributed by atoms with E-state index in [-0.39, 0.29) is 72.5 Å². The molecule has 2 heterocycles. The predicted molar refractivity (Wildman–Crippen MR) is 94.7 cm³/mol. The number of aliphatic hydroxyl groups excluding tert-OH is 1. The van der Waals surface area contributed by atoms with Gasteiger partial charge in [-0.15, -0.1) is 34.9 Å². The van der Waals surface area contributed by atoms with Gasteiger partial charge in [0.2, 0.25) is 5.91 Å². The van der Waals surface area contributed by atoms with Crippen LogP contribution in [0.4, 0.5) is 0 Å². The maximum atomic E-state index is 12.8. The Hall–Kier alpha value is -0.0578. The average Bonchev–Trinajstić information content (AvgIpc) is 3.12. The summed E-state index contributed by atoms with van der Waals surface area (Å²) in [7, 11) is 0. The van der Waals surface area contributed by atoms with Gasteiger partial charge in [0.05, 0.1) is 24.5 Å². The van der Waals surface area contributed by atoms with Gasteiger partial charge in [-0.05, 0) is 12.8 Å². The quantitative estimate of drug-likeness (QED) is 0.476. The minimum absolute atomic E-state index is 0. The van der Waals surface area contributed by atoms with E-state index in [0.717, 1.165) is 16.4 Å². The van der Waals surface area contributed by atoms with Crippen molar-refractivity contribution < 1.29 is 74.6 Å². The summed E-state index contributed by atoms with van der Waals surface area (Å²) in [5, 5.41) is 12.0. The van der Waals surface area contributed by atoms with E-state index in [0.29, 0.717) is 44.5 Å². The van der Waals surface area contributed by atoms with Crippen molar-refractivity contribution in [2.75, 3.05) is 13.2 Å². The number of hydrogen-bond donors (Lipinski definition) is 2. The zero-order valence-corrected chi connectivity index (χ0v) is 21.8. The molecule has 1 aromatic rings. The molecule has 1 radical (unpaired) electrons. The Morgan fingerprint density at radius 2 is 1.78 bits per heavy atom. The first-order chi connectivity index (χ1) is 11.9. The van der Waals surface area contributed by atoms with Crippen LogP contribution in [0.25, 0.3) is 5.57 Å². The van der Waals surface area contributed by atoms with Gasteiger partial charge >= 0.3 is 0 Å². The molecule has 1 saturated carbocycles. The molecular formula is C20H25NO4WY-2. The van der Waals surface area contributed by atoms with Gasteiger partial charge in [-0.25, -0.2) is 0 Å². The van der Waals surface area contributed by atoms with Crippen LogP contribution < -0.4 is 5.31 Å². The van der Waals surface area contributed by atoms with Gasteiger partial charge < -0.3 is 27.3 Å². The maximum absolute atomic E-state index is 12.8. The predicted octanol–water partition coefficient (Wildman–Crippen LogP) is 3.00. The molecule has 7 heteroatoms. The molecule has 0 atom stereocenters. The third kappa shape index (κ3) is 4.28. The Morgan fingerprint density at radius 1 is 1.19 bits per heavy atom. The van der Waals surface area contributed by atoms with Crippen molar-refractivity contribution >= 4 is 11.5 Å². The molecule has 2 fully saturated rings. The van der Waals surface area contributed by atoms with Gasteiger partial charge in [0, 0.05) is 72.2 Å². The number of amides is 1. The third-order valence-electron chi connectivity index (χ3n) is 5.41. The Kier molecular flexibility index (Phi) is 7.89. The molecule has 1 saturated heterocycles. The van der Waals surface area contributed by atoms with E-state index >= 15 is 0 Å². The van der Waals surface area contributed by atoms with E-state index in [9.17, 15) is 9.90 Å². The van der Waals surface area contributed by atoms with Gasteiger partial charge in [0.15, 0.2) is 7.20 Å². The summed E-state index contributed by atoms with van der Waals surface area (Å²) in [6, 6.07) is 7.00. The summed E-state index contributed by atoms with van der Waals surface area (Å²) in [5.41, 5.74) is 1.56. The summed E-state index contributed by atoms with van der Waals surface area (Å²) in [6.07, 6.45) is 2.01. The van der Waals surface area contributed by atoms with Crippen LogP contribution >= 0.6 is 0 Å². The molecule has 0 aromatic heterocycles. The second-order valence-electron chi connectivity index (χ2n) is 6.98. The van der Waals surface area contributed by atoms with Crippen LogP contribution in [0.5, 0.6) is 0 Å². The molecule has 1 aromatic carbocycles. The van der Waals surface area contributed by atoms with E-state index in [1.807, 2.05) is 26.0 Å². The largest absolute Gasteiger partial charge is 0.519 e. The molecule has 145 valence electrons. The van der Waals surface area contributed by atoms with Gasteiger partial charge in [-0.1, -0.05) is 13.8 Å². The molecule has 2 spiro atoms. The molecule has 1 amide bonds.